The molecule has 18 heavy (non-hydrogen) atoms. The van der Waals surface area contributed by atoms with Crippen molar-refractivity contribution >= 4 is 0 Å². The Kier molecular flexibility index (Phi) is 8.59. The summed E-state index contributed by atoms with van der Waals surface area (Å²) in [6.07, 6.45) is 2.48. The van der Waals surface area contributed by atoms with Crippen molar-refractivity contribution in [1.82, 2.24) is 15.1 Å². The average Bonchev–Trinajstić information content (AvgIpc) is 2.43. The Morgan fingerprint density at radius 3 is 2.39 bits per heavy atom. The highest BCUT2D eigenvalue weighted by atomic mass is 16.5. The van der Waals surface area contributed by atoms with E-state index in [9.17, 15) is 0 Å². The van der Waals surface area contributed by atoms with Crippen LogP contribution in [-0.4, -0.2) is 75.4 Å². The molecule has 0 amide bonds. The summed E-state index contributed by atoms with van der Waals surface area (Å²) >= 11 is 0. The molecule has 0 saturated carbocycles. The second-order valence-electron chi connectivity index (χ2n) is 5.09. The molecule has 0 atom stereocenters. The summed E-state index contributed by atoms with van der Waals surface area (Å²) < 4.78 is 5.24. The van der Waals surface area contributed by atoms with Crippen molar-refractivity contribution in [3.05, 3.63) is 0 Å². The largest absolute Gasteiger partial charge is 0.383 e. The zero-order valence-electron chi connectivity index (χ0n) is 12.5. The van der Waals surface area contributed by atoms with Crippen molar-refractivity contribution in [2.45, 2.75) is 32.7 Å². The summed E-state index contributed by atoms with van der Waals surface area (Å²) in [5, 5.41) is 3.41. The van der Waals surface area contributed by atoms with Crippen LogP contribution >= 0.6 is 0 Å². The van der Waals surface area contributed by atoms with Gasteiger partial charge in [0.2, 0.25) is 0 Å². The molecule has 0 bridgehead atoms. The second kappa shape index (κ2) is 9.73. The maximum absolute atomic E-state index is 5.24. The highest BCUT2D eigenvalue weighted by Gasteiger charge is 2.16. The van der Waals surface area contributed by atoms with Gasteiger partial charge < -0.3 is 10.1 Å². The average molecular weight is 257 g/mol. The fraction of sp³-hybridized carbons (Fsp3) is 1.00. The standard InChI is InChI=1S/C14H31N3O/c1-4-14(5-2)17(12-13-18-3)11-10-16-8-6-15-7-9-16/h14-15H,4-13H2,1-3H3. The smallest absolute Gasteiger partial charge is 0.0589 e. The molecule has 0 aliphatic carbocycles. The van der Waals surface area contributed by atoms with Gasteiger partial charge in [-0.05, 0) is 12.8 Å². The third-order valence-corrected chi connectivity index (χ3v) is 3.95. The Bertz CT molecular complexity index is 191. The van der Waals surface area contributed by atoms with Crippen LogP contribution in [0.25, 0.3) is 0 Å². The Morgan fingerprint density at radius 2 is 1.83 bits per heavy atom. The Balaban J connectivity index is 2.33. The van der Waals surface area contributed by atoms with Gasteiger partial charge in [-0.15, -0.1) is 0 Å². The number of piperazine rings is 1. The number of hydrogen-bond donors (Lipinski definition) is 1. The summed E-state index contributed by atoms with van der Waals surface area (Å²) in [6, 6.07) is 0.711. The Morgan fingerprint density at radius 1 is 1.17 bits per heavy atom. The molecule has 0 radical (unpaired) electrons. The minimum Gasteiger partial charge on any atom is -0.383 e. The van der Waals surface area contributed by atoms with E-state index in [2.05, 4.69) is 29.0 Å². The summed E-state index contributed by atoms with van der Waals surface area (Å²) in [7, 11) is 1.79. The summed E-state index contributed by atoms with van der Waals surface area (Å²) in [5.74, 6) is 0. The molecule has 0 aromatic heterocycles. The molecule has 1 aliphatic rings. The molecule has 1 rings (SSSR count). The number of rotatable bonds is 9. The summed E-state index contributed by atoms with van der Waals surface area (Å²) in [5.41, 5.74) is 0. The first kappa shape index (κ1) is 15.9. The van der Waals surface area contributed by atoms with Crippen LogP contribution in [0.5, 0.6) is 0 Å². The predicted molar refractivity (Wildman–Crippen MR) is 77.1 cm³/mol. The second-order valence-corrected chi connectivity index (χ2v) is 5.09. The van der Waals surface area contributed by atoms with Crippen LogP contribution in [0, 0.1) is 0 Å². The first-order valence-corrected chi connectivity index (χ1v) is 7.47. The van der Waals surface area contributed by atoms with E-state index in [1.54, 1.807) is 7.11 Å². The third-order valence-electron chi connectivity index (χ3n) is 3.95. The molecule has 1 aliphatic heterocycles. The van der Waals surface area contributed by atoms with Gasteiger partial charge in [0.25, 0.3) is 0 Å². The molecule has 0 aromatic carbocycles. The highest BCUT2D eigenvalue weighted by molar-refractivity contribution is 4.73. The molecular formula is C14H31N3O. The molecule has 4 heteroatoms. The minimum atomic E-state index is 0.711. The van der Waals surface area contributed by atoms with Crippen LogP contribution < -0.4 is 5.32 Å². The maximum Gasteiger partial charge on any atom is 0.0589 e. The normalized spacial score (nSPS) is 17.8. The molecule has 1 N–H and O–H groups in total. The van der Waals surface area contributed by atoms with Crippen molar-refractivity contribution in [1.29, 1.82) is 0 Å². The number of nitrogens with one attached hydrogen (secondary N) is 1. The maximum atomic E-state index is 5.24. The SMILES string of the molecule is CCC(CC)N(CCOC)CCN1CCNCC1. The van der Waals surface area contributed by atoms with E-state index in [4.69, 9.17) is 4.74 Å². The van der Waals surface area contributed by atoms with Crippen LogP contribution in [0.1, 0.15) is 26.7 Å². The summed E-state index contributed by atoms with van der Waals surface area (Å²) in [6.45, 7) is 13.5. The zero-order valence-corrected chi connectivity index (χ0v) is 12.5. The van der Waals surface area contributed by atoms with Gasteiger partial charge in [-0.25, -0.2) is 0 Å². The van der Waals surface area contributed by atoms with Crippen molar-refractivity contribution in [3.8, 4) is 0 Å². The monoisotopic (exact) mass is 257 g/mol. The van der Waals surface area contributed by atoms with Gasteiger partial charge in [0.1, 0.15) is 0 Å². The fourth-order valence-corrected chi connectivity index (χ4v) is 2.70. The molecule has 1 fully saturated rings. The Labute approximate surface area is 113 Å². The molecule has 0 spiro atoms. The lowest BCUT2D eigenvalue weighted by Gasteiger charge is -2.34. The van der Waals surface area contributed by atoms with E-state index in [0.717, 1.165) is 26.2 Å². The van der Waals surface area contributed by atoms with Gasteiger partial charge in [-0.2, -0.15) is 0 Å². The number of methoxy groups -OCH3 is 1. The topological polar surface area (TPSA) is 27.7 Å². The molecule has 0 unspecified atom stereocenters. The van der Waals surface area contributed by atoms with Crippen molar-refractivity contribution < 1.29 is 4.74 Å². The van der Waals surface area contributed by atoms with Gasteiger partial charge in [-0.1, -0.05) is 13.8 Å². The van der Waals surface area contributed by atoms with E-state index in [1.165, 1.54) is 39.0 Å². The lowest BCUT2D eigenvalue weighted by molar-refractivity contribution is 0.101. The van der Waals surface area contributed by atoms with Gasteiger partial charge in [0, 0.05) is 59.0 Å². The highest BCUT2D eigenvalue weighted by Crippen LogP contribution is 2.08. The van der Waals surface area contributed by atoms with E-state index in [-0.39, 0.29) is 0 Å². The lowest BCUT2D eigenvalue weighted by atomic mass is 10.1. The third kappa shape index (κ3) is 5.65. The van der Waals surface area contributed by atoms with Crippen molar-refractivity contribution in [3.63, 3.8) is 0 Å². The molecule has 108 valence electrons. The summed E-state index contributed by atoms with van der Waals surface area (Å²) in [4.78, 5) is 5.17. The molecule has 1 heterocycles. The van der Waals surface area contributed by atoms with Gasteiger partial charge in [0.15, 0.2) is 0 Å². The Hall–Kier alpha value is -0.160. The van der Waals surface area contributed by atoms with Crippen LogP contribution in [-0.2, 0) is 4.74 Å². The molecule has 1 saturated heterocycles. The quantitative estimate of drug-likeness (QED) is 0.668. The van der Waals surface area contributed by atoms with E-state index >= 15 is 0 Å². The van der Waals surface area contributed by atoms with Crippen LogP contribution in [0.3, 0.4) is 0 Å². The van der Waals surface area contributed by atoms with E-state index in [1.807, 2.05) is 0 Å². The van der Waals surface area contributed by atoms with Gasteiger partial charge in [0.05, 0.1) is 6.61 Å². The lowest BCUT2D eigenvalue weighted by Crippen LogP contribution is -2.48. The van der Waals surface area contributed by atoms with Crippen molar-refractivity contribution in [2.75, 3.05) is 59.5 Å². The predicted octanol–water partition coefficient (Wildman–Crippen LogP) is 1.03. The first-order valence-electron chi connectivity index (χ1n) is 7.47. The van der Waals surface area contributed by atoms with Gasteiger partial charge in [-0.3, -0.25) is 9.80 Å². The van der Waals surface area contributed by atoms with E-state index in [0.29, 0.717) is 6.04 Å². The minimum absolute atomic E-state index is 0.711. The van der Waals surface area contributed by atoms with Crippen LogP contribution in [0.4, 0.5) is 0 Å². The number of nitrogens with zero attached hydrogens (tertiary/aromatic N) is 2. The molecular weight excluding hydrogens is 226 g/mol. The van der Waals surface area contributed by atoms with Crippen LogP contribution in [0.15, 0.2) is 0 Å². The van der Waals surface area contributed by atoms with E-state index < -0.39 is 0 Å². The zero-order chi connectivity index (χ0) is 13.2. The number of ether oxygens (including phenoxy) is 1. The van der Waals surface area contributed by atoms with Crippen LogP contribution in [0.2, 0.25) is 0 Å². The number of hydrogen-bond acceptors (Lipinski definition) is 4. The molecule has 0 aromatic rings. The molecule has 4 nitrogen and oxygen atoms in total. The van der Waals surface area contributed by atoms with Crippen molar-refractivity contribution in [2.24, 2.45) is 0 Å². The fourth-order valence-electron chi connectivity index (χ4n) is 2.70. The first-order chi connectivity index (χ1) is 8.81. The van der Waals surface area contributed by atoms with Gasteiger partial charge >= 0.3 is 0 Å².